The Balaban J connectivity index is 2.10. The zero-order valence-electron chi connectivity index (χ0n) is 13.3. The zero-order valence-corrected chi connectivity index (χ0v) is 14.0. The van der Waals surface area contributed by atoms with Crippen molar-refractivity contribution < 1.29 is 9.47 Å². The molecule has 2 rings (SSSR count). The number of guanidine groups is 1. The van der Waals surface area contributed by atoms with Crippen LogP contribution in [0.4, 0.5) is 0 Å². The monoisotopic (exact) mass is 325 g/mol. The molecule has 0 unspecified atom stereocenters. The maximum atomic E-state index is 6.26. The van der Waals surface area contributed by atoms with Gasteiger partial charge >= 0.3 is 0 Å². The second-order valence-electron chi connectivity index (χ2n) is 5.26. The summed E-state index contributed by atoms with van der Waals surface area (Å²) in [6.45, 7) is 4.90. The molecule has 0 radical (unpaired) electrons. The average Bonchev–Trinajstić information content (AvgIpc) is 2.55. The van der Waals surface area contributed by atoms with E-state index < -0.39 is 0 Å². The van der Waals surface area contributed by atoms with Crippen LogP contribution in [0, 0.1) is 0 Å². The fraction of sp³-hybridized carbons (Fsp3) is 0.562. The summed E-state index contributed by atoms with van der Waals surface area (Å²) < 4.78 is 10.9. The van der Waals surface area contributed by atoms with Crippen molar-refractivity contribution in [1.82, 2.24) is 4.90 Å². The Kier molecular flexibility index (Phi) is 6.19. The second-order valence-corrected chi connectivity index (χ2v) is 5.67. The highest BCUT2D eigenvalue weighted by atomic mass is 35.5. The van der Waals surface area contributed by atoms with Crippen molar-refractivity contribution in [3.8, 4) is 11.5 Å². The number of nitrogens with zero attached hydrogens (tertiary/aromatic N) is 2. The molecule has 1 heterocycles. The summed E-state index contributed by atoms with van der Waals surface area (Å²) in [5.74, 6) is 1.79. The number of halogens is 1. The van der Waals surface area contributed by atoms with Crippen molar-refractivity contribution in [1.29, 1.82) is 0 Å². The quantitative estimate of drug-likeness (QED) is 0.667. The Morgan fingerprint density at radius 1 is 1.32 bits per heavy atom. The van der Waals surface area contributed by atoms with Crippen LogP contribution in [0.15, 0.2) is 17.1 Å². The van der Waals surface area contributed by atoms with Crippen LogP contribution in [0.2, 0.25) is 5.02 Å². The molecule has 0 atom stereocenters. The number of ether oxygens (including phenoxy) is 2. The minimum Gasteiger partial charge on any atom is -0.493 e. The van der Waals surface area contributed by atoms with E-state index in [0.29, 0.717) is 35.6 Å². The van der Waals surface area contributed by atoms with Crippen LogP contribution in [0.3, 0.4) is 0 Å². The predicted molar refractivity (Wildman–Crippen MR) is 89.9 cm³/mol. The van der Waals surface area contributed by atoms with Crippen molar-refractivity contribution in [2.45, 2.75) is 32.7 Å². The van der Waals surface area contributed by atoms with Gasteiger partial charge < -0.3 is 20.1 Å². The Morgan fingerprint density at radius 3 is 2.68 bits per heavy atom. The van der Waals surface area contributed by atoms with Gasteiger partial charge in [0.05, 0.1) is 25.3 Å². The summed E-state index contributed by atoms with van der Waals surface area (Å²) in [4.78, 5) is 6.61. The van der Waals surface area contributed by atoms with Gasteiger partial charge in [-0.2, -0.15) is 0 Å². The zero-order chi connectivity index (χ0) is 15.9. The molecule has 1 fully saturated rings. The molecule has 1 aromatic carbocycles. The van der Waals surface area contributed by atoms with Crippen LogP contribution < -0.4 is 15.2 Å². The van der Waals surface area contributed by atoms with Crippen molar-refractivity contribution >= 4 is 17.6 Å². The van der Waals surface area contributed by atoms with Gasteiger partial charge in [0.2, 0.25) is 0 Å². The van der Waals surface area contributed by atoms with Gasteiger partial charge in [-0.15, -0.1) is 0 Å². The predicted octanol–water partition coefficient (Wildman–Crippen LogP) is 3.05. The molecule has 0 spiro atoms. The van der Waals surface area contributed by atoms with E-state index in [4.69, 9.17) is 26.8 Å². The minimum atomic E-state index is 0.477. The number of hydrogen-bond donors (Lipinski definition) is 1. The first-order valence-electron chi connectivity index (χ1n) is 7.69. The molecule has 0 amide bonds. The third kappa shape index (κ3) is 4.19. The normalized spacial score (nSPS) is 15.8. The maximum Gasteiger partial charge on any atom is 0.191 e. The molecule has 1 aromatic rings. The number of likely N-dealkylation sites (tertiary alicyclic amines) is 1. The fourth-order valence-corrected chi connectivity index (χ4v) is 2.83. The summed E-state index contributed by atoms with van der Waals surface area (Å²) in [6, 6.07) is 3.74. The lowest BCUT2D eigenvalue weighted by atomic mass is 10.1. The minimum absolute atomic E-state index is 0.477. The smallest absolute Gasteiger partial charge is 0.191 e. The summed E-state index contributed by atoms with van der Waals surface area (Å²) in [6.07, 6.45) is 3.63. The van der Waals surface area contributed by atoms with E-state index in [-0.39, 0.29) is 0 Å². The maximum absolute atomic E-state index is 6.26. The van der Waals surface area contributed by atoms with Crippen LogP contribution in [0.25, 0.3) is 0 Å². The van der Waals surface area contributed by atoms with Crippen molar-refractivity contribution in [3.05, 3.63) is 22.7 Å². The van der Waals surface area contributed by atoms with E-state index in [2.05, 4.69) is 9.89 Å². The van der Waals surface area contributed by atoms with Gasteiger partial charge in [0.25, 0.3) is 0 Å². The van der Waals surface area contributed by atoms with Gasteiger partial charge in [0.15, 0.2) is 17.5 Å². The molecule has 22 heavy (non-hydrogen) atoms. The molecular formula is C16H24ClN3O2. The highest BCUT2D eigenvalue weighted by molar-refractivity contribution is 6.32. The van der Waals surface area contributed by atoms with Crippen molar-refractivity contribution in [3.63, 3.8) is 0 Å². The summed E-state index contributed by atoms with van der Waals surface area (Å²) >= 11 is 6.26. The molecule has 0 bridgehead atoms. The van der Waals surface area contributed by atoms with E-state index in [9.17, 15) is 0 Å². The van der Waals surface area contributed by atoms with E-state index in [1.165, 1.54) is 19.3 Å². The largest absolute Gasteiger partial charge is 0.493 e. The number of benzene rings is 1. The van der Waals surface area contributed by atoms with Crippen LogP contribution in [-0.2, 0) is 6.54 Å². The number of methoxy groups -OCH3 is 1. The second kappa shape index (κ2) is 8.13. The standard InChI is InChI=1S/C16H24ClN3O2/c1-3-22-15-13(17)9-12(10-14(15)21-2)11-19-16(18)20-7-5-4-6-8-20/h9-10H,3-8,11H2,1-2H3,(H2,18,19). The highest BCUT2D eigenvalue weighted by Crippen LogP contribution is 2.36. The van der Waals surface area contributed by atoms with Crippen LogP contribution in [-0.4, -0.2) is 37.7 Å². The molecule has 122 valence electrons. The Bertz CT molecular complexity index is 528. The topological polar surface area (TPSA) is 60.1 Å². The van der Waals surface area contributed by atoms with E-state index in [0.717, 1.165) is 18.7 Å². The summed E-state index contributed by atoms with van der Waals surface area (Å²) in [5, 5.41) is 0.531. The van der Waals surface area contributed by atoms with Crippen LogP contribution in [0.5, 0.6) is 11.5 Å². The van der Waals surface area contributed by atoms with Gasteiger partial charge in [0, 0.05) is 13.1 Å². The summed E-state index contributed by atoms with van der Waals surface area (Å²) in [5.41, 5.74) is 7.02. The van der Waals surface area contributed by atoms with E-state index in [1.54, 1.807) is 7.11 Å². The molecular weight excluding hydrogens is 302 g/mol. The van der Waals surface area contributed by atoms with Gasteiger partial charge in [-0.1, -0.05) is 11.6 Å². The first kappa shape index (κ1) is 16.7. The molecule has 0 aliphatic carbocycles. The first-order valence-corrected chi connectivity index (χ1v) is 8.07. The van der Waals surface area contributed by atoms with Gasteiger partial charge in [-0.3, -0.25) is 0 Å². The number of rotatable bonds is 5. The first-order chi connectivity index (χ1) is 10.7. The van der Waals surface area contributed by atoms with Gasteiger partial charge in [-0.05, 0) is 43.9 Å². The Labute approximate surface area is 137 Å². The lowest BCUT2D eigenvalue weighted by Gasteiger charge is -2.27. The van der Waals surface area contributed by atoms with E-state index >= 15 is 0 Å². The average molecular weight is 326 g/mol. The van der Waals surface area contributed by atoms with E-state index in [1.807, 2.05) is 19.1 Å². The van der Waals surface area contributed by atoms with Crippen LogP contribution in [0.1, 0.15) is 31.7 Å². The number of piperidine rings is 1. The third-order valence-corrected chi connectivity index (χ3v) is 3.96. The van der Waals surface area contributed by atoms with Crippen LogP contribution >= 0.6 is 11.6 Å². The van der Waals surface area contributed by atoms with Gasteiger partial charge in [-0.25, -0.2) is 4.99 Å². The molecule has 6 heteroatoms. The SMILES string of the molecule is CCOc1c(Cl)cc(CN=C(N)N2CCCCC2)cc1OC. The molecule has 2 N–H and O–H groups in total. The fourth-order valence-electron chi connectivity index (χ4n) is 2.54. The molecule has 1 aliphatic rings. The number of aliphatic imine (C=N–C) groups is 1. The Hall–Kier alpha value is -1.62. The number of hydrogen-bond acceptors (Lipinski definition) is 3. The number of nitrogens with two attached hydrogens (primary N) is 1. The lowest BCUT2D eigenvalue weighted by Crippen LogP contribution is -2.40. The lowest BCUT2D eigenvalue weighted by molar-refractivity contribution is 0.311. The molecule has 1 aliphatic heterocycles. The molecule has 5 nitrogen and oxygen atoms in total. The van der Waals surface area contributed by atoms with Crippen molar-refractivity contribution in [2.24, 2.45) is 10.7 Å². The van der Waals surface area contributed by atoms with Crippen molar-refractivity contribution in [2.75, 3.05) is 26.8 Å². The third-order valence-electron chi connectivity index (χ3n) is 3.68. The van der Waals surface area contributed by atoms with Gasteiger partial charge in [0.1, 0.15) is 0 Å². The Morgan fingerprint density at radius 2 is 2.05 bits per heavy atom. The molecule has 0 saturated carbocycles. The molecule has 1 saturated heterocycles. The summed E-state index contributed by atoms with van der Waals surface area (Å²) in [7, 11) is 1.60. The highest BCUT2D eigenvalue weighted by Gasteiger charge is 2.13. The molecule has 0 aromatic heterocycles.